The second kappa shape index (κ2) is 5.69. The fraction of sp³-hybridized carbons (Fsp3) is 1.00. The average Bonchev–Trinajstić information content (AvgIpc) is 2.27. The molecule has 1 N–H and O–H groups in total. The molecule has 1 fully saturated rings. The first kappa shape index (κ1) is 12.0. The molecule has 0 aliphatic carbocycles. The molecule has 0 radical (unpaired) electrons. The Morgan fingerprint density at radius 2 is 1.79 bits per heavy atom. The molecule has 0 amide bonds. The van der Waals surface area contributed by atoms with Crippen molar-refractivity contribution in [1.82, 2.24) is 10.4 Å². The van der Waals surface area contributed by atoms with Gasteiger partial charge in [0.1, 0.15) is 0 Å². The first-order chi connectivity index (χ1) is 6.70. The summed E-state index contributed by atoms with van der Waals surface area (Å²) in [7, 11) is 0. The van der Waals surface area contributed by atoms with Gasteiger partial charge in [0.15, 0.2) is 0 Å². The summed E-state index contributed by atoms with van der Waals surface area (Å²) in [6.45, 7) is 11.7. The maximum atomic E-state index is 5.30. The fourth-order valence-corrected chi connectivity index (χ4v) is 1.52. The van der Waals surface area contributed by atoms with Crippen molar-refractivity contribution >= 4 is 0 Å². The SMILES string of the molecule is CCC(C)(CC)CNN1CCOCC1. The maximum Gasteiger partial charge on any atom is 0.0608 e. The van der Waals surface area contributed by atoms with Crippen molar-refractivity contribution < 1.29 is 4.74 Å². The van der Waals surface area contributed by atoms with E-state index in [1.807, 2.05) is 0 Å². The minimum absolute atomic E-state index is 0.443. The zero-order valence-corrected chi connectivity index (χ0v) is 9.81. The molecule has 14 heavy (non-hydrogen) atoms. The van der Waals surface area contributed by atoms with Crippen LogP contribution in [0.5, 0.6) is 0 Å². The van der Waals surface area contributed by atoms with E-state index in [9.17, 15) is 0 Å². The molecule has 1 saturated heterocycles. The number of rotatable bonds is 5. The lowest BCUT2D eigenvalue weighted by Gasteiger charge is -2.33. The Labute approximate surface area is 87.8 Å². The Morgan fingerprint density at radius 1 is 1.21 bits per heavy atom. The minimum atomic E-state index is 0.443. The zero-order valence-electron chi connectivity index (χ0n) is 9.81. The van der Waals surface area contributed by atoms with Crippen LogP contribution < -0.4 is 5.43 Å². The van der Waals surface area contributed by atoms with Gasteiger partial charge >= 0.3 is 0 Å². The Hall–Kier alpha value is -0.120. The third kappa shape index (κ3) is 3.56. The summed E-state index contributed by atoms with van der Waals surface area (Å²) in [6.07, 6.45) is 2.47. The number of hydrogen-bond acceptors (Lipinski definition) is 3. The van der Waals surface area contributed by atoms with E-state index in [-0.39, 0.29) is 0 Å². The summed E-state index contributed by atoms with van der Waals surface area (Å²) in [5.74, 6) is 0. The quantitative estimate of drug-likeness (QED) is 0.730. The van der Waals surface area contributed by atoms with Gasteiger partial charge in [0, 0.05) is 19.6 Å². The van der Waals surface area contributed by atoms with E-state index in [1.165, 1.54) is 12.8 Å². The summed E-state index contributed by atoms with van der Waals surface area (Å²) in [5.41, 5.74) is 3.96. The molecule has 0 unspecified atom stereocenters. The van der Waals surface area contributed by atoms with Crippen molar-refractivity contribution in [3.05, 3.63) is 0 Å². The number of ether oxygens (including phenoxy) is 1. The third-order valence-corrected chi connectivity index (χ3v) is 3.45. The average molecular weight is 200 g/mol. The van der Waals surface area contributed by atoms with Gasteiger partial charge in [-0.05, 0) is 18.3 Å². The fourth-order valence-electron chi connectivity index (χ4n) is 1.52. The van der Waals surface area contributed by atoms with Gasteiger partial charge in [-0.15, -0.1) is 0 Å². The lowest BCUT2D eigenvalue weighted by molar-refractivity contribution is 0.00406. The lowest BCUT2D eigenvalue weighted by atomic mass is 9.85. The molecular formula is C11H24N2O. The zero-order chi connectivity index (χ0) is 10.4. The van der Waals surface area contributed by atoms with Crippen LogP contribution in [0.1, 0.15) is 33.6 Å². The normalized spacial score (nSPS) is 19.9. The highest BCUT2D eigenvalue weighted by molar-refractivity contribution is 4.73. The molecule has 1 heterocycles. The Morgan fingerprint density at radius 3 is 2.29 bits per heavy atom. The van der Waals surface area contributed by atoms with Gasteiger partial charge in [-0.1, -0.05) is 20.8 Å². The van der Waals surface area contributed by atoms with E-state index in [4.69, 9.17) is 4.74 Å². The number of morpholine rings is 1. The Balaban J connectivity index is 2.23. The van der Waals surface area contributed by atoms with Gasteiger partial charge in [-0.25, -0.2) is 5.01 Å². The van der Waals surface area contributed by atoms with Gasteiger partial charge in [0.25, 0.3) is 0 Å². The van der Waals surface area contributed by atoms with Crippen molar-refractivity contribution in [1.29, 1.82) is 0 Å². The van der Waals surface area contributed by atoms with Gasteiger partial charge in [0.2, 0.25) is 0 Å². The highest BCUT2D eigenvalue weighted by atomic mass is 16.5. The van der Waals surface area contributed by atoms with Crippen molar-refractivity contribution in [2.75, 3.05) is 32.8 Å². The van der Waals surface area contributed by atoms with Crippen molar-refractivity contribution in [3.8, 4) is 0 Å². The maximum absolute atomic E-state index is 5.30. The second-order valence-corrected chi connectivity index (χ2v) is 4.45. The number of hydrazine groups is 1. The molecule has 0 atom stereocenters. The van der Waals surface area contributed by atoms with Crippen molar-refractivity contribution in [3.63, 3.8) is 0 Å². The summed E-state index contributed by atoms with van der Waals surface area (Å²) < 4.78 is 5.30. The van der Waals surface area contributed by atoms with Crippen molar-refractivity contribution in [2.24, 2.45) is 5.41 Å². The highest BCUT2D eigenvalue weighted by Gasteiger charge is 2.20. The van der Waals surface area contributed by atoms with E-state index in [2.05, 4.69) is 31.2 Å². The predicted molar refractivity (Wildman–Crippen MR) is 59.1 cm³/mol. The standard InChI is InChI=1S/C11H24N2O/c1-4-11(3,5-2)10-12-13-6-8-14-9-7-13/h12H,4-10H2,1-3H3. The summed E-state index contributed by atoms with van der Waals surface area (Å²) in [6, 6.07) is 0. The van der Waals surface area contributed by atoms with Crippen LogP contribution in [0.25, 0.3) is 0 Å². The van der Waals surface area contributed by atoms with Crippen LogP contribution in [0.15, 0.2) is 0 Å². The van der Waals surface area contributed by atoms with E-state index in [1.54, 1.807) is 0 Å². The van der Waals surface area contributed by atoms with Gasteiger partial charge < -0.3 is 4.74 Å². The Bertz CT molecular complexity index is 151. The van der Waals surface area contributed by atoms with Crippen LogP contribution in [-0.2, 0) is 4.74 Å². The molecule has 1 aliphatic heterocycles. The first-order valence-electron chi connectivity index (χ1n) is 5.76. The monoisotopic (exact) mass is 200 g/mol. The number of nitrogens with zero attached hydrogens (tertiary/aromatic N) is 1. The summed E-state index contributed by atoms with van der Waals surface area (Å²) in [5, 5.41) is 2.28. The Kier molecular flexibility index (Phi) is 4.85. The minimum Gasteiger partial charge on any atom is -0.379 e. The number of nitrogens with one attached hydrogen (secondary N) is 1. The molecule has 3 heteroatoms. The molecule has 0 aromatic heterocycles. The molecule has 0 aromatic rings. The molecule has 0 spiro atoms. The van der Waals surface area contributed by atoms with Gasteiger partial charge in [0.05, 0.1) is 13.2 Å². The molecule has 0 saturated carbocycles. The van der Waals surface area contributed by atoms with E-state index < -0.39 is 0 Å². The van der Waals surface area contributed by atoms with Crippen molar-refractivity contribution in [2.45, 2.75) is 33.6 Å². The second-order valence-electron chi connectivity index (χ2n) is 4.45. The van der Waals surface area contributed by atoms with Gasteiger partial charge in [-0.3, -0.25) is 5.43 Å². The molecule has 1 aliphatic rings. The van der Waals surface area contributed by atoms with Crippen LogP contribution in [0, 0.1) is 5.41 Å². The molecular weight excluding hydrogens is 176 g/mol. The van der Waals surface area contributed by atoms with E-state index in [0.29, 0.717) is 5.41 Å². The van der Waals surface area contributed by atoms with Crippen LogP contribution in [0.3, 0.4) is 0 Å². The number of hydrogen-bond donors (Lipinski definition) is 1. The van der Waals surface area contributed by atoms with Crippen LogP contribution in [0.2, 0.25) is 0 Å². The van der Waals surface area contributed by atoms with Crippen LogP contribution in [-0.4, -0.2) is 37.9 Å². The van der Waals surface area contributed by atoms with Crippen LogP contribution >= 0.6 is 0 Å². The highest BCUT2D eigenvalue weighted by Crippen LogP contribution is 2.23. The molecule has 84 valence electrons. The molecule has 0 aromatic carbocycles. The van der Waals surface area contributed by atoms with E-state index >= 15 is 0 Å². The summed E-state index contributed by atoms with van der Waals surface area (Å²) in [4.78, 5) is 0. The smallest absolute Gasteiger partial charge is 0.0608 e. The van der Waals surface area contributed by atoms with Crippen LogP contribution in [0.4, 0.5) is 0 Å². The van der Waals surface area contributed by atoms with E-state index in [0.717, 1.165) is 32.8 Å². The first-order valence-corrected chi connectivity index (χ1v) is 5.76. The predicted octanol–water partition coefficient (Wildman–Crippen LogP) is 1.65. The van der Waals surface area contributed by atoms with Gasteiger partial charge in [-0.2, -0.15) is 0 Å². The molecule has 3 nitrogen and oxygen atoms in total. The largest absolute Gasteiger partial charge is 0.379 e. The lowest BCUT2D eigenvalue weighted by Crippen LogP contribution is -2.49. The topological polar surface area (TPSA) is 24.5 Å². The molecule has 0 bridgehead atoms. The summed E-state index contributed by atoms with van der Waals surface area (Å²) >= 11 is 0. The third-order valence-electron chi connectivity index (χ3n) is 3.45. The molecule has 1 rings (SSSR count).